The van der Waals surface area contributed by atoms with Crippen LogP contribution in [0.3, 0.4) is 0 Å². The second-order valence-corrected chi connectivity index (χ2v) is 3.69. The van der Waals surface area contributed by atoms with Crippen molar-refractivity contribution < 1.29 is 19.5 Å². The molecule has 0 spiro atoms. The van der Waals surface area contributed by atoms with E-state index in [1.807, 2.05) is 0 Å². The molecular formula is C10H19N3O4. The number of nitrogens with one attached hydrogen (secondary N) is 1. The normalized spacial score (nSPS) is 11.5. The molecule has 0 aliphatic rings. The predicted molar refractivity (Wildman–Crippen MR) is 61.6 cm³/mol. The Kier molecular flexibility index (Phi) is 6.01. The molecule has 7 nitrogen and oxygen atoms in total. The Morgan fingerprint density at radius 1 is 1.29 bits per heavy atom. The van der Waals surface area contributed by atoms with E-state index in [-0.39, 0.29) is 12.5 Å². The van der Waals surface area contributed by atoms with Gasteiger partial charge in [0.25, 0.3) is 0 Å². The van der Waals surface area contributed by atoms with E-state index in [9.17, 15) is 14.4 Å². The number of amides is 3. The van der Waals surface area contributed by atoms with E-state index in [4.69, 9.17) is 5.11 Å². The number of aliphatic carboxylic acids is 1. The van der Waals surface area contributed by atoms with Gasteiger partial charge < -0.3 is 20.2 Å². The predicted octanol–water partition coefficient (Wildman–Crippen LogP) is -0.421. The fourth-order valence-electron chi connectivity index (χ4n) is 1.38. The van der Waals surface area contributed by atoms with Gasteiger partial charge in [0.15, 0.2) is 0 Å². The van der Waals surface area contributed by atoms with Crippen molar-refractivity contribution in [2.45, 2.75) is 19.4 Å². The molecule has 2 N–H and O–H groups in total. The number of rotatable bonds is 5. The average Bonchev–Trinajstić information content (AvgIpc) is 2.27. The zero-order valence-electron chi connectivity index (χ0n) is 10.6. The fourth-order valence-corrected chi connectivity index (χ4v) is 1.38. The molecule has 3 amide bonds. The van der Waals surface area contributed by atoms with E-state index in [0.717, 1.165) is 4.90 Å². The molecular weight excluding hydrogens is 226 g/mol. The SMILES string of the molecule is CCC(C(=O)O)N(C)C(=O)N(C)CC(=O)NC. The van der Waals surface area contributed by atoms with Crippen LogP contribution in [0, 0.1) is 0 Å². The Labute approximate surface area is 100 Å². The molecule has 0 radical (unpaired) electrons. The van der Waals surface area contributed by atoms with Crippen molar-refractivity contribution in [1.82, 2.24) is 15.1 Å². The molecule has 1 atom stereocenters. The lowest BCUT2D eigenvalue weighted by atomic mass is 10.2. The average molecular weight is 245 g/mol. The number of hydrogen-bond donors (Lipinski definition) is 2. The van der Waals surface area contributed by atoms with E-state index in [0.29, 0.717) is 6.42 Å². The summed E-state index contributed by atoms with van der Waals surface area (Å²) in [6.45, 7) is 1.58. The van der Waals surface area contributed by atoms with E-state index in [1.54, 1.807) is 6.92 Å². The number of carboxylic acids is 1. The summed E-state index contributed by atoms with van der Waals surface area (Å²) in [6.07, 6.45) is 0.311. The summed E-state index contributed by atoms with van der Waals surface area (Å²) >= 11 is 0. The van der Waals surface area contributed by atoms with Gasteiger partial charge in [-0.2, -0.15) is 0 Å². The molecule has 0 aromatic carbocycles. The zero-order chi connectivity index (χ0) is 13.6. The van der Waals surface area contributed by atoms with Gasteiger partial charge in [0.1, 0.15) is 12.6 Å². The number of likely N-dealkylation sites (N-methyl/N-ethyl adjacent to an activating group) is 3. The second-order valence-electron chi connectivity index (χ2n) is 3.69. The van der Waals surface area contributed by atoms with Crippen molar-refractivity contribution in [3.8, 4) is 0 Å². The minimum Gasteiger partial charge on any atom is -0.480 e. The van der Waals surface area contributed by atoms with Gasteiger partial charge in [0, 0.05) is 21.1 Å². The second kappa shape index (κ2) is 6.72. The van der Waals surface area contributed by atoms with Gasteiger partial charge in [-0.1, -0.05) is 6.92 Å². The third kappa shape index (κ3) is 4.29. The van der Waals surface area contributed by atoms with Crippen LogP contribution in [0.2, 0.25) is 0 Å². The van der Waals surface area contributed by atoms with E-state index in [1.165, 1.54) is 26.0 Å². The lowest BCUT2D eigenvalue weighted by Crippen LogP contribution is -2.49. The van der Waals surface area contributed by atoms with Crippen LogP contribution in [-0.4, -0.2) is 66.5 Å². The van der Waals surface area contributed by atoms with Gasteiger partial charge in [-0.25, -0.2) is 9.59 Å². The Morgan fingerprint density at radius 3 is 2.18 bits per heavy atom. The Morgan fingerprint density at radius 2 is 1.82 bits per heavy atom. The topological polar surface area (TPSA) is 90.0 Å². The highest BCUT2D eigenvalue weighted by Crippen LogP contribution is 2.05. The summed E-state index contributed by atoms with van der Waals surface area (Å²) in [4.78, 5) is 36.1. The van der Waals surface area contributed by atoms with Crippen molar-refractivity contribution in [3.05, 3.63) is 0 Å². The number of urea groups is 1. The first-order valence-corrected chi connectivity index (χ1v) is 5.26. The number of hydrogen-bond acceptors (Lipinski definition) is 3. The van der Waals surface area contributed by atoms with Crippen LogP contribution in [0.5, 0.6) is 0 Å². The molecule has 0 aliphatic heterocycles. The molecule has 98 valence electrons. The van der Waals surface area contributed by atoms with E-state index >= 15 is 0 Å². The van der Waals surface area contributed by atoms with Gasteiger partial charge in [0.2, 0.25) is 5.91 Å². The summed E-state index contributed by atoms with van der Waals surface area (Å²) in [6, 6.07) is -1.38. The summed E-state index contributed by atoms with van der Waals surface area (Å²) in [5.41, 5.74) is 0. The molecule has 0 rings (SSSR count). The third-order valence-corrected chi connectivity index (χ3v) is 2.43. The molecule has 7 heteroatoms. The van der Waals surface area contributed by atoms with Crippen LogP contribution < -0.4 is 5.32 Å². The summed E-state index contributed by atoms with van der Waals surface area (Å²) < 4.78 is 0. The Hall–Kier alpha value is -1.79. The molecule has 0 bridgehead atoms. The number of carboxylic acid groups (broad SMARTS) is 1. The number of carbonyl (C=O) groups excluding carboxylic acids is 2. The van der Waals surface area contributed by atoms with Crippen LogP contribution in [0.25, 0.3) is 0 Å². The quantitative estimate of drug-likeness (QED) is 0.688. The summed E-state index contributed by atoms with van der Waals surface area (Å²) in [7, 11) is 4.32. The largest absolute Gasteiger partial charge is 0.480 e. The number of carbonyl (C=O) groups is 3. The maximum Gasteiger partial charge on any atom is 0.326 e. The first-order valence-electron chi connectivity index (χ1n) is 5.26. The molecule has 0 aromatic heterocycles. The Balaban J connectivity index is 4.57. The van der Waals surface area contributed by atoms with Crippen molar-refractivity contribution in [2.75, 3.05) is 27.7 Å². The molecule has 17 heavy (non-hydrogen) atoms. The van der Waals surface area contributed by atoms with Crippen molar-refractivity contribution in [2.24, 2.45) is 0 Å². The standard InChI is InChI=1S/C10H19N3O4/c1-5-7(9(15)16)13(4)10(17)12(3)6-8(14)11-2/h7H,5-6H2,1-4H3,(H,11,14)(H,15,16). The molecule has 1 unspecified atom stereocenters. The highest BCUT2D eigenvalue weighted by atomic mass is 16.4. The van der Waals surface area contributed by atoms with Crippen LogP contribution in [0.15, 0.2) is 0 Å². The maximum atomic E-state index is 11.8. The monoisotopic (exact) mass is 245 g/mol. The van der Waals surface area contributed by atoms with Gasteiger partial charge in [-0.05, 0) is 6.42 Å². The number of nitrogens with zero attached hydrogens (tertiary/aromatic N) is 2. The summed E-state index contributed by atoms with van der Waals surface area (Å²) in [5, 5.41) is 11.3. The van der Waals surface area contributed by atoms with Gasteiger partial charge in [-0.15, -0.1) is 0 Å². The van der Waals surface area contributed by atoms with Crippen LogP contribution in [0.1, 0.15) is 13.3 Å². The van der Waals surface area contributed by atoms with Crippen molar-refractivity contribution >= 4 is 17.9 Å². The van der Waals surface area contributed by atoms with Gasteiger partial charge in [-0.3, -0.25) is 4.79 Å². The first-order chi connectivity index (χ1) is 7.84. The highest BCUT2D eigenvalue weighted by Gasteiger charge is 2.27. The lowest BCUT2D eigenvalue weighted by Gasteiger charge is -2.28. The lowest BCUT2D eigenvalue weighted by molar-refractivity contribution is -0.142. The molecule has 0 heterocycles. The maximum absolute atomic E-state index is 11.8. The minimum atomic E-state index is -1.06. The van der Waals surface area contributed by atoms with Crippen molar-refractivity contribution in [1.29, 1.82) is 0 Å². The van der Waals surface area contributed by atoms with E-state index in [2.05, 4.69) is 5.32 Å². The molecule has 0 saturated heterocycles. The Bertz CT molecular complexity index is 306. The van der Waals surface area contributed by atoms with Crippen LogP contribution in [0.4, 0.5) is 4.79 Å². The molecule has 0 saturated carbocycles. The fraction of sp³-hybridized carbons (Fsp3) is 0.700. The van der Waals surface area contributed by atoms with Crippen molar-refractivity contribution in [3.63, 3.8) is 0 Å². The summed E-state index contributed by atoms with van der Waals surface area (Å²) in [5.74, 6) is -1.37. The van der Waals surface area contributed by atoms with Gasteiger partial charge in [0.05, 0.1) is 0 Å². The molecule has 0 fully saturated rings. The highest BCUT2D eigenvalue weighted by molar-refractivity contribution is 5.86. The molecule has 0 aliphatic carbocycles. The van der Waals surface area contributed by atoms with Crippen LogP contribution in [-0.2, 0) is 9.59 Å². The minimum absolute atomic E-state index is 0.101. The third-order valence-electron chi connectivity index (χ3n) is 2.43. The first kappa shape index (κ1) is 15.2. The smallest absolute Gasteiger partial charge is 0.326 e. The van der Waals surface area contributed by atoms with Crippen LogP contribution >= 0.6 is 0 Å². The van der Waals surface area contributed by atoms with E-state index < -0.39 is 18.0 Å². The zero-order valence-corrected chi connectivity index (χ0v) is 10.6. The van der Waals surface area contributed by atoms with Gasteiger partial charge >= 0.3 is 12.0 Å². The molecule has 0 aromatic rings.